The first kappa shape index (κ1) is 35.4. The summed E-state index contributed by atoms with van der Waals surface area (Å²) in [6, 6.07) is 41.4. The number of pyridine rings is 1. The van der Waals surface area contributed by atoms with Crippen molar-refractivity contribution in [2.75, 3.05) is 0 Å². The smallest absolute Gasteiger partial charge is 0.247 e. The summed E-state index contributed by atoms with van der Waals surface area (Å²) in [4.78, 5) is 22.0. The Labute approximate surface area is 328 Å². The van der Waals surface area contributed by atoms with Crippen LogP contribution in [-0.2, 0) is 0 Å². The maximum absolute atomic E-state index is 15.1. The Kier molecular flexibility index (Phi) is 8.62. The van der Waals surface area contributed by atoms with E-state index in [1.807, 2.05) is 84.9 Å². The number of benzene rings is 7. The number of rotatable bonds is 5. The van der Waals surface area contributed by atoms with Gasteiger partial charge in [-0.1, -0.05) is 109 Å². The van der Waals surface area contributed by atoms with Crippen molar-refractivity contribution in [1.82, 2.24) is 15.0 Å². The number of hydrogen-bond acceptors (Lipinski definition) is 4. The lowest BCUT2D eigenvalue weighted by molar-refractivity contribution is 0.465. The predicted molar refractivity (Wildman–Crippen MR) is 217 cm³/mol. The molecule has 9 rings (SSSR count). The number of fused-ring (bicyclic) bond motifs is 5. The highest BCUT2D eigenvalue weighted by Crippen LogP contribution is 2.44. The van der Waals surface area contributed by atoms with Gasteiger partial charge in [-0.3, -0.25) is 0 Å². The zero-order chi connectivity index (χ0) is 40.1. The van der Waals surface area contributed by atoms with Crippen LogP contribution in [0.1, 0.15) is 5.56 Å². The second-order valence-electron chi connectivity index (χ2n) is 13.3. The summed E-state index contributed by atoms with van der Waals surface area (Å²) in [5.74, 6) is -6.85. The van der Waals surface area contributed by atoms with E-state index in [9.17, 15) is 14.0 Å². The van der Waals surface area contributed by atoms with Crippen molar-refractivity contribution in [2.45, 2.75) is 0 Å². The number of hydrogen-bond donors (Lipinski definition) is 0. The molecule has 2 aromatic heterocycles. The van der Waals surface area contributed by atoms with Crippen LogP contribution in [0, 0.1) is 47.7 Å². The van der Waals surface area contributed by atoms with Gasteiger partial charge in [-0.05, 0) is 41.0 Å². The van der Waals surface area contributed by atoms with Gasteiger partial charge in [-0.25, -0.2) is 42.2 Å². The summed E-state index contributed by atoms with van der Waals surface area (Å²) >= 11 is 0. The molecule has 0 fully saturated rings. The fourth-order valence-electron chi connectivity index (χ4n) is 7.26. The molecule has 0 spiro atoms. The van der Waals surface area contributed by atoms with Gasteiger partial charge in [-0.15, -0.1) is 0 Å². The first-order valence-electron chi connectivity index (χ1n) is 17.7. The molecule has 0 saturated heterocycles. The van der Waals surface area contributed by atoms with E-state index >= 15 is 8.78 Å². The van der Waals surface area contributed by atoms with E-state index in [0.29, 0.717) is 61.4 Å². The fourth-order valence-corrected chi connectivity index (χ4v) is 7.26. The summed E-state index contributed by atoms with van der Waals surface area (Å²) in [5.41, 5.74) is 5.49. The van der Waals surface area contributed by atoms with Gasteiger partial charge in [0, 0.05) is 32.8 Å². The quantitative estimate of drug-likeness (QED) is 0.0758. The highest BCUT2D eigenvalue weighted by atomic mass is 19.2. The molecule has 2 heterocycles. The lowest BCUT2D eigenvalue weighted by Crippen LogP contribution is -2.00. The fraction of sp³-hybridized carbons (Fsp3) is 0. The van der Waals surface area contributed by atoms with Crippen LogP contribution in [0.25, 0.3) is 98.4 Å². The van der Waals surface area contributed by atoms with Crippen LogP contribution in [0.3, 0.4) is 0 Å². The Hall–Kier alpha value is -8.26. The Morgan fingerprint density at radius 3 is 1.67 bits per heavy atom. The summed E-state index contributed by atoms with van der Waals surface area (Å²) in [5, 5.41) is 11.8. The van der Waals surface area contributed by atoms with E-state index in [-0.39, 0.29) is 5.56 Å². The van der Waals surface area contributed by atoms with Gasteiger partial charge >= 0.3 is 0 Å². The lowest BCUT2D eigenvalue weighted by atomic mass is 9.92. The van der Waals surface area contributed by atoms with Crippen LogP contribution in [0.4, 0.5) is 28.9 Å². The molecule has 272 valence electrons. The monoisotopic (exact) mass is 758 g/mol. The molecule has 9 aromatic rings. The highest BCUT2D eigenvalue weighted by Gasteiger charge is 2.27. The van der Waals surface area contributed by atoms with Crippen LogP contribution >= 0.6 is 0 Å². The van der Waals surface area contributed by atoms with E-state index in [1.165, 1.54) is 12.1 Å². The molecule has 0 aliphatic heterocycles. The van der Waals surface area contributed by atoms with E-state index in [1.54, 1.807) is 36.4 Å². The van der Waals surface area contributed by atoms with E-state index in [0.717, 1.165) is 27.5 Å². The zero-order valence-corrected chi connectivity index (χ0v) is 29.9. The molecule has 0 N–H and O–H groups in total. The maximum Gasteiger partial charge on any atom is 0.262 e. The van der Waals surface area contributed by atoms with Gasteiger partial charge in [0.15, 0.2) is 29.0 Å². The van der Waals surface area contributed by atoms with Crippen molar-refractivity contribution >= 4 is 44.1 Å². The van der Waals surface area contributed by atoms with Gasteiger partial charge < -0.3 is 0 Å². The van der Waals surface area contributed by atoms with Crippen LogP contribution in [0.2, 0.25) is 0 Å². The van der Waals surface area contributed by atoms with E-state index < -0.39 is 34.5 Å². The Morgan fingerprint density at radius 1 is 0.500 bits per heavy atom. The number of nitriles is 1. The molecule has 0 bridgehead atoms. The Morgan fingerprint density at radius 2 is 1.05 bits per heavy atom. The molecule has 0 unspecified atom stereocenters. The first-order valence-corrected chi connectivity index (χ1v) is 17.7. The Balaban J connectivity index is 1.37. The average molecular weight is 759 g/mol. The molecule has 10 heteroatoms. The average Bonchev–Trinajstić information content (AvgIpc) is 3.28. The van der Waals surface area contributed by atoms with Gasteiger partial charge in [0.25, 0.3) is 5.69 Å². The highest BCUT2D eigenvalue weighted by molar-refractivity contribution is 6.24. The molecule has 0 aliphatic rings. The molecule has 0 saturated carbocycles. The molecule has 6 nitrogen and oxygen atoms in total. The van der Waals surface area contributed by atoms with E-state index in [2.05, 4.69) is 15.8 Å². The van der Waals surface area contributed by atoms with Crippen LogP contribution < -0.4 is 0 Å². The molecule has 0 atom stereocenters. The minimum absolute atomic E-state index is 0.136. The minimum Gasteiger partial charge on any atom is -0.247 e. The second-order valence-corrected chi connectivity index (χ2v) is 13.3. The molecule has 0 aliphatic carbocycles. The third kappa shape index (κ3) is 5.74. The molecule has 0 radical (unpaired) electrons. The zero-order valence-electron chi connectivity index (χ0n) is 29.9. The predicted octanol–water partition coefficient (Wildman–Crippen LogP) is 13.2. The first-order chi connectivity index (χ1) is 28.3. The molecular formula is C48H22F4N6. The van der Waals surface area contributed by atoms with E-state index in [4.69, 9.17) is 28.1 Å². The maximum atomic E-state index is 15.1. The van der Waals surface area contributed by atoms with Crippen molar-refractivity contribution in [2.24, 2.45) is 0 Å². The largest absolute Gasteiger partial charge is 0.262 e. The number of halogens is 4. The van der Waals surface area contributed by atoms with Crippen LogP contribution in [0.15, 0.2) is 133 Å². The molecule has 0 amide bonds. The third-order valence-corrected chi connectivity index (χ3v) is 10.0. The molecule has 58 heavy (non-hydrogen) atoms. The third-order valence-electron chi connectivity index (χ3n) is 10.0. The molecular weight excluding hydrogens is 737 g/mol. The summed E-state index contributed by atoms with van der Waals surface area (Å²) in [6.07, 6.45) is 0. The molecule has 7 aromatic carbocycles. The van der Waals surface area contributed by atoms with Gasteiger partial charge in [0.05, 0.1) is 64.0 Å². The van der Waals surface area contributed by atoms with Crippen LogP contribution in [0.5, 0.6) is 0 Å². The number of para-hydroxylation sites is 1. The van der Waals surface area contributed by atoms with Crippen molar-refractivity contribution in [3.8, 4) is 62.1 Å². The number of aromatic nitrogens is 3. The summed E-state index contributed by atoms with van der Waals surface area (Å²) < 4.78 is 59.5. The summed E-state index contributed by atoms with van der Waals surface area (Å²) in [7, 11) is 0. The van der Waals surface area contributed by atoms with Crippen molar-refractivity contribution in [1.29, 1.82) is 5.26 Å². The lowest BCUT2D eigenvalue weighted by Gasteiger charge is -2.18. The van der Waals surface area contributed by atoms with Crippen molar-refractivity contribution < 1.29 is 17.6 Å². The SMILES string of the molecule is [C-]#[N+]c1ccc(-c2nc3c(-c4ccccc4)cc4c(-c5ccc(-c6c(F)c(F)c([N+]#[C-])c(F)c6F)cc5)nc5ccccc5c4c3nc2-c2ccc(C#N)cc2)cc1. The van der Waals surface area contributed by atoms with Crippen molar-refractivity contribution in [3.63, 3.8) is 0 Å². The number of nitrogens with zero attached hydrogens (tertiary/aromatic N) is 6. The van der Waals surface area contributed by atoms with Crippen LogP contribution in [-0.4, -0.2) is 15.0 Å². The standard InChI is InChI=1S/C48H22F4N6/c1-54-32-22-20-31(21-23-32)44-45(30-14-12-26(25-53)13-15-30)58-47-38-33-10-6-7-11-36(33)56-43(35(38)24-34(46(47)57-44)27-8-4-3-5-9-27)29-18-16-28(17-19-29)37-39(49)41(51)48(55-2)42(52)40(37)50/h3-24H. The van der Waals surface area contributed by atoms with Gasteiger partial charge in [0.2, 0.25) is 0 Å². The van der Waals surface area contributed by atoms with Crippen molar-refractivity contribution in [3.05, 3.63) is 185 Å². The summed E-state index contributed by atoms with van der Waals surface area (Å²) in [6.45, 7) is 14.5. The topological polar surface area (TPSA) is 71.2 Å². The Bertz CT molecular complexity index is 3250. The van der Waals surface area contributed by atoms with Gasteiger partial charge in [0.1, 0.15) is 0 Å². The normalized spacial score (nSPS) is 11.1. The minimum atomic E-state index is -1.76. The van der Waals surface area contributed by atoms with Gasteiger partial charge in [-0.2, -0.15) is 5.26 Å². The second kappa shape index (κ2) is 14.1.